The fourth-order valence-corrected chi connectivity index (χ4v) is 5.94. The zero-order valence-electron chi connectivity index (χ0n) is 23.7. The number of nitrogens with two attached hydrogens (primary N) is 1. The van der Waals surface area contributed by atoms with Crippen LogP contribution in [0.4, 0.5) is 0 Å². The first-order chi connectivity index (χ1) is 18.5. The molecule has 210 valence electrons. The van der Waals surface area contributed by atoms with Crippen LogP contribution in [0.15, 0.2) is 53.1 Å². The second kappa shape index (κ2) is 10.3. The molecule has 3 heterocycles. The van der Waals surface area contributed by atoms with E-state index < -0.39 is 6.10 Å². The number of carbonyl (C=O) groups is 2. The molecule has 9 heteroatoms. The fraction of sp³-hybridized carbons (Fsp3) is 0.533. The van der Waals surface area contributed by atoms with E-state index in [1.165, 1.54) is 0 Å². The Hall–Kier alpha value is -3.46. The zero-order valence-corrected chi connectivity index (χ0v) is 23.7. The molecule has 9 nitrogen and oxygen atoms in total. The summed E-state index contributed by atoms with van der Waals surface area (Å²) in [5, 5.41) is 0. The van der Waals surface area contributed by atoms with Gasteiger partial charge in [-0.05, 0) is 30.4 Å². The van der Waals surface area contributed by atoms with Gasteiger partial charge in [-0.1, -0.05) is 39.0 Å². The highest BCUT2D eigenvalue weighted by atomic mass is 16.5. The van der Waals surface area contributed by atoms with Crippen molar-refractivity contribution in [2.75, 3.05) is 33.9 Å². The Labute approximate surface area is 230 Å². The van der Waals surface area contributed by atoms with E-state index in [9.17, 15) is 9.59 Å². The number of amides is 2. The second-order valence-corrected chi connectivity index (χ2v) is 11.8. The van der Waals surface area contributed by atoms with Gasteiger partial charge in [0.15, 0.2) is 17.6 Å². The van der Waals surface area contributed by atoms with E-state index in [4.69, 9.17) is 24.7 Å². The molecule has 5 rings (SSSR count). The Bertz CT molecular complexity index is 1260. The molecular weight excluding hydrogens is 498 g/mol. The van der Waals surface area contributed by atoms with Crippen LogP contribution in [0.1, 0.15) is 52.0 Å². The lowest BCUT2D eigenvalue weighted by molar-refractivity contribution is -0.153. The summed E-state index contributed by atoms with van der Waals surface area (Å²) in [7, 11) is 3.21. The van der Waals surface area contributed by atoms with Crippen LogP contribution in [0, 0.1) is 5.41 Å². The van der Waals surface area contributed by atoms with Crippen LogP contribution in [0.2, 0.25) is 0 Å². The monoisotopic (exact) mass is 537 g/mol. The van der Waals surface area contributed by atoms with Gasteiger partial charge in [-0.2, -0.15) is 0 Å². The third-order valence-corrected chi connectivity index (χ3v) is 8.11. The minimum atomic E-state index is -0.969. The van der Waals surface area contributed by atoms with Gasteiger partial charge in [0.1, 0.15) is 12.4 Å². The quantitative estimate of drug-likeness (QED) is 0.614. The topological polar surface area (TPSA) is 104 Å². The van der Waals surface area contributed by atoms with Crippen molar-refractivity contribution in [2.45, 2.75) is 64.6 Å². The van der Waals surface area contributed by atoms with Gasteiger partial charge in [0, 0.05) is 30.3 Å². The average molecular weight is 538 g/mol. The molecule has 2 N–H and O–H groups in total. The number of methoxy groups -OCH3 is 2. The lowest BCUT2D eigenvalue weighted by Gasteiger charge is -2.46. The Kier molecular flexibility index (Phi) is 7.13. The highest BCUT2D eigenvalue weighted by Crippen LogP contribution is 2.50. The minimum absolute atomic E-state index is 0.0386. The largest absolute Gasteiger partial charge is 0.498 e. The summed E-state index contributed by atoms with van der Waals surface area (Å²) in [4.78, 5) is 31.1. The Balaban J connectivity index is 1.64. The standard InChI is InChI=1S/C30H39N3O6/c1-17-12-20(19-8-7-9-22(36-5)27(19)37-6)28-26-21(17)15-38-16-24(30(2,3)4)33(26)29(35)23(39-28)13-25(34)32-11-10-18(31)14-32/h7-9,12,15,18,20,23-24H,10-11,13-14,16,31H2,1-6H3/t18?,20-,23+,24-/m0/s1. The Morgan fingerprint density at radius 3 is 2.62 bits per heavy atom. The summed E-state index contributed by atoms with van der Waals surface area (Å²) < 4.78 is 24.0. The molecule has 4 atom stereocenters. The molecule has 3 aliphatic heterocycles. The molecule has 0 spiro atoms. The first-order valence-electron chi connectivity index (χ1n) is 13.5. The van der Waals surface area contributed by atoms with Gasteiger partial charge >= 0.3 is 0 Å². The fourth-order valence-electron chi connectivity index (χ4n) is 5.94. The number of benzene rings is 1. The highest BCUT2D eigenvalue weighted by molar-refractivity contribution is 5.91. The first-order valence-corrected chi connectivity index (χ1v) is 13.5. The summed E-state index contributed by atoms with van der Waals surface area (Å²) in [5.41, 5.74) is 9.05. The van der Waals surface area contributed by atoms with E-state index in [0.717, 1.165) is 23.1 Å². The Morgan fingerprint density at radius 2 is 1.97 bits per heavy atom. The van der Waals surface area contributed by atoms with Crippen molar-refractivity contribution in [1.29, 1.82) is 0 Å². The number of likely N-dealkylation sites (tertiary alicyclic amines) is 1. The average Bonchev–Trinajstić information content (AvgIpc) is 3.22. The maximum atomic E-state index is 14.2. The van der Waals surface area contributed by atoms with Crippen molar-refractivity contribution in [3.05, 3.63) is 58.7 Å². The van der Waals surface area contributed by atoms with Crippen molar-refractivity contribution < 1.29 is 28.5 Å². The van der Waals surface area contributed by atoms with E-state index >= 15 is 0 Å². The summed E-state index contributed by atoms with van der Waals surface area (Å²) in [6.45, 7) is 9.70. The predicted molar refractivity (Wildman–Crippen MR) is 146 cm³/mol. The maximum Gasteiger partial charge on any atom is 0.269 e. The van der Waals surface area contributed by atoms with Gasteiger partial charge in [0.25, 0.3) is 5.91 Å². The van der Waals surface area contributed by atoms with Crippen LogP contribution in [0.25, 0.3) is 0 Å². The molecule has 4 aliphatic rings. The number of carbonyl (C=O) groups excluding carboxylic acids is 2. The number of para-hydroxylation sites is 1. The molecule has 2 amide bonds. The number of ether oxygens (including phenoxy) is 4. The SMILES string of the molecule is COc1cccc([C@@H]2C=C(C)C3=COC[C@@H](C(C)(C)C)N4C(=O)[C@@H](CC(=O)N5CCC(N)C5)OC2=C34)c1OC. The van der Waals surface area contributed by atoms with Crippen LogP contribution in [0.5, 0.6) is 11.5 Å². The summed E-state index contributed by atoms with van der Waals surface area (Å²) in [6.07, 6.45) is 3.55. The minimum Gasteiger partial charge on any atom is -0.498 e. The van der Waals surface area contributed by atoms with Gasteiger partial charge < -0.3 is 29.6 Å². The van der Waals surface area contributed by atoms with E-state index in [1.807, 2.05) is 30.0 Å². The van der Waals surface area contributed by atoms with Crippen molar-refractivity contribution in [1.82, 2.24) is 9.80 Å². The molecule has 1 aromatic carbocycles. The van der Waals surface area contributed by atoms with Crippen molar-refractivity contribution in [2.24, 2.45) is 11.1 Å². The van der Waals surface area contributed by atoms with Crippen LogP contribution >= 0.6 is 0 Å². The Morgan fingerprint density at radius 1 is 1.21 bits per heavy atom. The van der Waals surface area contributed by atoms with Gasteiger partial charge in [0.05, 0.1) is 44.6 Å². The highest BCUT2D eigenvalue weighted by Gasteiger charge is 2.50. The van der Waals surface area contributed by atoms with E-state index in [1.54, 1.807) is 25.4 Å². The lowest BCUT2D eigenvalue weighted by atomic mass is 9.80. The van der Waals surface area contributed by atoms with Crippen LogP contribution < -0.4 is 15.2 Å². The van der Waals surface area contributed by atoms with Gasteiger partial charge in [-0.15, -0.1) is 0 Å². The molecule has 0 radical (unpaired) electrons. The molecule has 0 aromatic heterocycles. The second-order valence-electron chi connectivity index (χ2n) is 11.8. The molecule has 1 aromatic rings. The van der Waals surface area contributed by atoms with Gasteiger partial charge in [-0.25, -0.2) is 0 Å². The first kappa shape index (κ1) is 27.1. The van der Waals surface area contributed by atoms with Crippen molar-refractivity contribution in [3.8, 4) is 11.5 Å². The third kappa shape index (κ3) is 4.77. The lowest BCUT2D eigenvalue weighted by Crippen LogP contribution is -2.56. The van der Waals surface area contributed by atoms with E-state index in [-0.39, 0.29) is 41.7 Å². The molecule has 1 fully saturated rings. The van der Waals surface area contributed by atoms with Gasteiger partial charge in [-0.3, -0.25) is 14.5 Å². The molecule has 1 saturated heterocycles. The third-order valence-electron chi connectivity index (χ3n) is 8.11. The molecule has 1 unspecified atom stereocenters. The number of nitrogens with zero attached hydrogens (tertiary/aromatic N) is 2. The van der Waals surface area contributed by atoms with Crippen LogP contribution in [-0.2, 0) is 19.1 Å². The number of allylic oxidation sites excluding steroid dienone is 2. The van der Waals surface area contributed by atoms with E-state index in [0.29, 0.717) is 42.7 Å². The maximum absolute atomic E-state index is 14.2. The predicted octanol–water partition coefficient (Wildman–Crippen LogP) is 3.46. The summed E-state index contributed by atoms with van der Waals surface area (Å²) in [5.74, 6) is 1.08. The van der Waals surface area contributed by atoms with Gasteiger partial charge in [0.2, 0.25) is 5.91 Å². The van der Waals surface area contributed by atoms with Crippen molar-refractivity contribution in [3.63, 3.8) is 0 Å². The molecule has 0 saturated carbocycles. The van der Waals surface area contributed by atoms with Crippen LogP contribution in [0.3, 0.4) is 0 Å². The van der Waals surface area contributed by atoms with Crippen molar-refractivity contribution >= 4 is 11.8 Å². The summed E-state index contributed by atoms with van der Waals surface area (Å²) >= 11 is 0. The van der Waals surface area contributed by atoms with E-state index in [2.05, 4.69) is 26.8 Å². The number of hydrogen-bond acceptors (Lipinski definition) is 7. The molecule has 39 heavy (non-hydrogen) atoms. The zero-order chi connectivity index (χ0) is 28.1. The molecule has 1 aliphatic carbocycles. The normalized spacial score (nSPS) is 26.7. The number of rotatable bonds is 5. The van der Waals surface area contributed by atoms with Crippen LogP contribution in [-0.4, -0.2) is 73.7 Å². The number of hydrogen-bond donors (Lipinski definition) is 1. The molecule has 0 bridgehead atoms. The summed E-state index contributed by atoms with van der Waals surface area (Å²) in [6, 6.07) is 5.42. The smallest absolute Gasteiger partial charge is 0.269 e. The molecular formula is C30H39N3O6.